The van der Waals surface area contributed by atoms with E-state index in [9.17, 15) is 14.7 Å². The number of aliphatic hydroxyl groups excluding tert-OH is 1. The lowest BCUT2D eigenvalue weighted by atomic mass is 9.82. The van der Waals surface area contributed by atoms with Crippen molar-refractivity contribution in [2.75, 3.05) is 13.2 Å². The number of β-amino-alcohol motifs (C(OH)–C–C–N with tert-alkyl or cyclic N) is 1. The first-order valence-corrected chi connectivity index (χ1v) is 10.5. The van der Waals surface area contributed by atoms with Gasteiger partial charge in [-0.2, -0.15) is 0 Å². The maximum absolute atomic E-state index is 13.6. The molecule has 0 bridgehead atoms. The van der Waals surface area contributed by atoms with Crippen LogP contribution in [-0.4, -0.2) is 41.2 Å². The maximum atomic E-state index is 13.6. The first-order chi connectivity index (χ1) is 15.4. The van der Waals surface area contributed by atoms with Gasteiger partial charge in [-0.1, -0.05) is 78.4 Å². The molecule has 0 spiro atoms. The quantitative estimate of drug-likeness (QED) is 0.562. The summed E-state index contributed by atoms with van der Waals surface area (Å²) >= 11 is 0. The Hall–Kier alpha value is -3.64. The summed E-state index contributed by atoms with van der Waals surface area (Å²) in [6, 6.07) is 23.5. The molecule has 3 aromatic rings. The van der Waals surface area contributed by atoms with Crippen molar-refractivity contribution in [2.24, 2.45) is 0 Å². The highest BCUT2D eigenvalue weighted by atomic mass is 16.5. The molecule has 1 fully saturated rings. The van der Waals surface area contributed by atoms with E-state index in [2.05, 4.69) is 5.32 Å². The van der Waals surface area contributed by atoms with E-state index in [1.165, 1.54) is 0 Å². The number of urea groups is 1. The van der Waals surface area contributed by atoms with Crippen molar-refractivity contribution in [3.63, 3.8) is 0 Å². The Labute approximate surface area is 187 Å². The van der Waals surface area contributed by atoms with Crippen LogP contribution in [0.5, 0.6) is 5.75 Å². The molecule has 3 aromatic carbocycles. The summed E-state index contributed by atoms with van der Waals surface area (Å²) in [4.78, 5) is 27.6. The van der Waals surface area contributed by atoms with Crippen LogP contribution >= 0.6 is 0 Å². The molecular weight excluding hydrogens is 404 g/mol. The van der Waals surface area contributed by atoms with E-state index >= 15 is 0 Å². The van der Waals surface area contributed by atoms with Gasteiger partial charge in [0, 0.05) is 0 Å². The average Bonchev–Trinajstić information content (AvgIpc) is 3.05. The molecule has 3 amide bonds. The summed E-state index contributed by atoms with van der Waals surface area (Å²) in [6.07, 6.45) is -1.03. The fraction of sp³-hybridized carbons (Fsp3) is 0.231. The van der Waals surface area contributed by atoms with Crippen molar-refractivity contribution in [3.05, 3.63) is 101 Å². The highest BCUT2D eigenvalue weighted by Crippen LogP contribution is 2.36. The minimum atomic E-state index is -1.34. The van der Waals surface area contributed by atoms with Gasteiger partial charge in [-0.05, 0) is 36.6 Å². The number of aryl methyl sites for hydroxylation is 2. The lowest BCUT2D eigenvalue weighted by Crippen LogP contribution is -2.46. The number of imide groups is 1. The largest absolute Gasteiger partial charge is 0.491 e. The second kappa shape index (κ2) is 8.85. The van der Waals surface area contributed by atoms with Crippen LogP contribution in [-0.2, 0) is 10.3 Å². The van der Waals surface area contributed by atoms with Crippen molar-refractivity contribution in [1.82, 2.24) is 10.2 Å². The molecule has 6 nitrogen and oxygen atoms in total. The minimum absolute atomic E-state index is 0.0371. The van der Waals surface area contributed by atoms with Gasteiger partial charge in [0.2, 0.25) is 0 Å². The van der Waals surface area contributed by atoms with Gasteiger partial charge in [-0.3, -0.25) is 9.69 Å². The second-order valence-corrected chi connectivity index (χ2v) is 8.06. The Bertz CT molecular complexity index is 1080. The van der Waals surface area contributed by atoms with E-state index in [1.54, 1.807) is 0 Å². The molecule has 1 unspecified atom stereocenters. The third-order valence-corrected chi connectivity index (χ3v) is 5.67. The summed E-state index contributed by atoms with van der Waals surface area (Å²) in [7, 11) is 0. The van der Waals surface area contributed by atoms with Crippen molar-refractivity contribution in [1.29, 1.82) is 0 Å². The van der Waals surface area contributed by atoms with Crippen LogP contribution in [0, 0.1) is 13.8 Å². The molecule has 1 atom stereocenters. The molecule has 32 heavy (non-hydrogen) atoms. The predicted octanol–water partition coefficient (Wildman–Crippen LogP) is 3.54. The van der Waals surface area contributed by atoms with Crippen molar-refractivity contribution in [2.45, 2.75) is 25.5 Å². The minimum Gasteiger partial charge on any atom is -0.491 e. The van der Waals surface area contributed by atoms with E-state index in [0.717, 1.165) is 16.0 Å². The molecule has 0 saturated carbocycles. The summed E-state index contributed by atoms with van der Waals surface area (Å²) in [5.74, 6) is 0.236. The number of hydrogen-bond donors (Lipinski definition) is 2. The standard InChI is InChI=1S/C26H26N2O4/c1-18-13-14-23(19(2)15-18)32-17-22(29)16-28-24(30)26(27-25(28)31,20-9-5-3-6-10-20)21-11-7-4-8-12-21/h3-15,22,29H,16-17H2,1-2H3,(H,27,31). The summed E-state index contributed by atoms with van der Waals surface area (Å²) in [5, 5.41) is 13.4. The number of nitrogens with zero attached hydrogens (tertiary/aromatic N) is 1. The zero-order chi connectivity index (χ0) is 22.7. The van der Waals surface area contributed by atoms with E-state index < -0.39 is 23.6 Å². The smallest absolute Gasteiger partial charge is 0.325 e. The van der Waals surface area contributed by atoms with Gasteiger partial charge in [-0.25, -0.2) is 4.79 Å². The average molecular weight is 431 g/mol. The van der Waals surface area contributed by atoms with Gasteiger partial charge < -0.3 is 15.2 Å². The first kappa shape index (κ1) is 21.6. The fourth-order valence-corrected chi connectivity index (χ4v) is 4.09. The van der Waals surface area contributed by atoms with Crippen LogP contribution in [0.3, 0.4) is 0 Å². The van der Waals surface area contributed by atoms with Crippen LogP contribution < -0.4 is 10.1 Å². The third kappa shape index (κ3) is 3.97. The Morgan fingerprint density at radius 1 is 0.938 bits per heavy atom. The van der Waals surface area contributed by atoms with Crippen molar-refractivity contribution in [3.8, 4) is 5.75 Å². The van der Waals surface area contributed by atoms with E-state index in [1.807, 2.05) is 92.7 Å². The number of nitrogens with one attached hydrogen (secondary N) is 1. The number of amides is 3. The van der Waals surface area contributed by atoms with Crippen LogP contribution in [0.25, 0.3) is 0 Å². The number of carbonyl (C=O) groups is 2. The lowest BCUT2D eigenvalue weighted by Gasteiger charge is -2.28. The van der Waals surface area contributed by atoms with Gasteiger partial charge in [0.05, 0.1) is 6.54 Å². The molecule has 4 rings (SSSR count). The molecule has 6 heteroatoms. The maximum Gasteiger partial charge on any atom is 0.325 e. The van der Waals surface area contributed by atoms with Crippen LogP contribution in [0.1, 0.15) is 22.3 Å². The van der Waals surface area contributed by atoms with E-state index in [4.69, 9.17) is 4.74 Å². The van der Waals surface area contributed by atoms with Gasteiger partial charge in [0.15, 0.2) is 5.54 Å². The second-order valence-electron chi connectivity index (χ2n) is 8.06. The Morgan fingerprint density at radius 3 is 2.09 bits per heavy atom. The van der Waals surface area contributed by atoms with E-state index in [0.29, 0.717) is 16.9 Å². The molecule has 1 aliphatic rings. The third-order valence-electron chi connectivity index (χ3n) is 5.67. The summed E-state index contributed by atoms with van der Waals surface area (Å²) in [6.45, 7) is 3.72. The molecule has 0 radical (unpaired) electrons. The number of ether oxygens (including phenoxy) is 1. The molecule has 0 aromatic heterocycles. The SMILES string of the molecule is Cc1ccc(OCC(O)CN2C(=O)NC(c3ccccc3)(c3ccccc3)C2=O)c(C)c1. The molecule has 1 heterocycles. The van der Waals surface area contributed by atoms with Gasteiger partial charge >= 0.3 is 6.03 Å². The van der Waals surface area contributed by atoms with Gasteiger partial charge in [0.1, 0.15) is 18.5 Å². The zero-order valence-corrected chi connectivity index (χ0v) is 18.1. The topological polar surface area (TPSA) is 78.9 Å². The summed E-state index contributed by atoms with van der Waals surface area (Å²) in [5.41, 5.74) is 2.06. The molecule has 164 valence electrons. The van der Waals surface area contributed by atoms with Gasteiger partial charge in [0.25, 0.3) is 5.91 Å². The number of aliphatic hydroxyl groups is 1. The predicted molar refractivity (Wildman–Crippen MR) is 121 cm³/mol. The Morgan fingerprint density at radius 2 is 1.53 bits per heavy atom. The molecule has 0 aliphatic carbocycles. The monoisotopic (exact) mass is 430 g/mol. The Kier molecular flexibility index (Phi) is 5.97. The zero-order valence-electron chi connectivity index (χ0n) is 18.1. The normalized spacial score (nSPS) is 16.0. The van der Waals surface area contributed by atoms with Gasteiger partial charge in [-0.15, -0.1) is 0 Å². The van der Waals surface area contributed by atoms with Crippen LogP contribution in [0.2, 0.25) is 0 Å². The lowest BCUT2D eigenvalue weighted by molar-refractivity contribution is -0.131. The molecule has 2 N–H and O–H groups in total. The van der Waals surface area contributed by atoms with Crippen molar-refractivity contribution >= 4 is 11.9 Å². The Balaban J connectivity index is 1.55. The highest BCUT2D eigenvalue weighted by Gasteiger charge is 2.53. The summed E-state index contributed by atoms with van der Waals surface area (Å²) < 4.78 is 5.74. The number of rotatable bonds is 7. The number of carbonyl (C=O) groups excluding carboxylic acids is 2. The highest BCUT2D eigenvalue weighted by molar-refractivity contribution is 6.09. The van der Waals surface area contributed by atoms with Crippen molar-refractivity contribution < 1.29 is 19.4 Å². The molecule has 1 saturated heterocycles. The first-order valence-electron chi connectivity index (χ1n) is 10.5. The fourth-order valence-electron chi connectivity index (χ4n) is 4.09. The number of hydrogen-bond acceptors (Lipinski definition) is 4. The van der Waals surface area contributed by atoms with E-state index in [-0.39, 0.29) is 13.2 Å². The number of benzene rings is 3. The molecule has 1 aliphatic heterocycles. The van der Waals surface area contributed by atoms with Crippen LogP contribution in [0.4, 0.5) is 4.79 Å². The molecular formula is C26H26N2O4. The van der Waals surface area contributed by atoms with Crippen LogP contribution in [0.15, 0.2) is 78.9 Å².